The van der Waals surface area contributed by atoms with E-state index in [1.54, 1.807) is 6.20 Å². The largest absolute Gasteiger partial charge is 0.254 e. The Hall–Kier alpha value is -0.700. The maximum atomic E-state index is 4.11. The molecule has 66 valence electrons. The maximum absolute atomic E-state index is 4.11. The van der Waals surface area contributed by atoms with E-state index in [0.717, 1.165) is 13.8 Å². The Labute approximate surface area is 91.9 Å². The van der Waals surface area contributed by atoms with Crippen LogP contribution in [-0.2, 0) is 0 Å². The highest BCUT2D eigenvalue weighted by Gasteiger charge is 2.04. The van der Waals surface area contributed by atoms with Gasteiger partial charge < -0.3 is 0 Å². The van der Waals surface area contributed by atoms with Gasteiger partial charge in [-0.05, 0) is 34.4 Å². The third kappa shape index (κ3) is 2.15. The summed E-state index contributed by atoms with van der Waals surface area (Å²) in [6, 6.07) is 0. The summed E-state index contributed by atoms with van der Waals surface area (Å²) in [6.45, 7) is 0. The number of nitrogens with zero attached hydrogens (tertiary/aromatic N) is 4. The lowest BCUT2D eigenvalue weighted by atomic mass is 10.7. The second-order valence-corrected chi connectivity index (χ2v) is 4.21. The molecule has 13 heavy (non-hydrogen) atoms. The van der Waals surface area contributed by atoms with Crippen LogP contribution in [0.5, 0.6) is 0 Å². The van der Waals surface area contributed by atoms with Crippen LogP contribution in [0.25, 0.3) is 0 Å². The van der Waals surface area contributed by atoms with Crippen molar-refractivity contribution in [2.24, 2.45) is 0 Å². The average molecular weight is 305 g/mol. The summed E-state index contributed by atoms with van der Waals surface area (Å²) >= 11 is 3.61. The van der Waals surface area contributed by atoms with Gasteiger partial charge in [-0.25, -0.2) is 15.0 Å². The number of H-pyrrole nitrogens is 1. The second-order valence-electron chi connectivity index (χ2n) is 2.07. The minimum Gasteiger partial charge on any atom is -0.254 e. The molecule has 0 aromatic carbocycles. The molecule has 0 atom stereocenters. The third-order valence-electron chi connectivity index (χ3n) is 1.22. The highest BCUT2D eigenvalue weighted by Crippen LogP contribution is 2.25. The molecule has 5 nitrogen and oxygen atoms in total. The van der Waals surface area contributed by atoms with Crippen LogP contribution in [0.3, 0.4) is 0 Å². The Morgan fingerprint density at radius 3 is 2.92 bits per heavy atom. The van der Waals surface area contributed by atoms with Crippen LogP contribution in [0.2, 0.25) is 0 Å². The molecule has 0 unspecified atom stereocenters. The Balaban J connectivity index is 2.24. The molecular weight excluding hydrogens is 301 g/mol. The molecule has 0 saturated carbocycles. The molecule has 0 radical (unpaired) electrons. The van der Waals surface area contributed by atoms with Crippen molar-refractivity contribution in [3.8, 4) is 0 Å². The molecule has 1 N–H and O–H groups in total. The van der Waals surface area contributed by atoms with Crippen molar-refractivity contribution in [3.05, 3.63) is 22.4 Å². The lowest BCUT2D eigenvalue weighted by Crippen LogP contribution is -1.87. The molecule has 2 heterocycles. The standard InChI is InChI=1S/C6H4IN5S/c7-4-1-8-2-9-5(4)13-6-10-3-11-12-6/h1-3H,(H,10,11,12). The van der Waals surface area contributed by atoms with E-state index in [1.807, 2.05) is 0 Å². The zero-order valence-electron chi connectivity index (χ0n) is 6.31. The molecule has 0 spiro atoms. The molecular formula is C6H4IN5S. The second kappa shape index (κ2) is 4.01. The molecule has 0 bridgehead atoms. The fourth-order valence-corrected chi connectivity index (χ4v) is 1.97. The highest BCUT2D eigenvalue weighted by molar-refractivity contribution is 14.1. The van der Waals surface area contributed by atoms with Gasteiger partial charge in [-0.2, -0.15) is 5.10 Å². The lowest BCUT2D eigenvalue weighted by molar-refractivity contribution is 0.958. The SMILES string of the molecule is Ic1cncnc1Sc1ncn[nH]1. The third-order valence-corrected chi connectivity index (χ3v) is 3.28. The van der Waals surface area contributed by atoms with Gasteiger partial charge >= 0.3 is 0 Å². The first-order valence-corrected chi connectivity index (χ1v) is 5.24. The Kier molecular flexibility index (Phi) is 2.74. The molecule has 0 aliphatic rings. The molecule has 2 aromatic heterocycles. The van der Waals surface area contributed by atoms with Crippen molar-refractivity contribution < 1.29 is 0 Å². The molecule has 0 saturated heterocycles. The van der Waals surface area contributed by atoms with Crippen molar-refractivity contribution in [2.75, 3.05) is 0 Å². The quantitative estimate of drug-likeness (QED) is 0.670. The van der Waals surface area contributed by atoms with Crippen molar-refractivity contribution in [1.82, 2.24) is 25.1 Å². The lowest BCUT2D eigenvalue weighted by Gasteiger charge is -1.97. The number of aromatic nitrogens is 5. The van der Waals surface area contributed by atoms with Crippen LogP contribution in [0.1, 0.15) is 0 Å². The number of nitrogens with one attached hydrogen (secondary N) is 1. The van der Waals surface area contributed by atoms with E-state index in [0.29, 0.717) is 0 Å². The average Bonchev–Trinajstić information content (AvgIpc) is 2.61. The van der Waals surface area contributed by atoms with Crippen molar-refractivity contribution in [2.45, 2.75) is 10.2 Å². The van der Waals surface area contributed by atoms with Gasteiger partial charge in [0.25, 0.3) is 0 Å². The van der Waals surface area contributed by atoms with Gasteiger partial charge in [0.1, 0.15) is 17.7 Å². The van der Waals surface area contributed by atoms with E-state index in [-0.39, 0.29) is 0 Å². The van der Waals surface area contributed by atoms with Crippen LogP contribution in [-0.4, -0.2) is 25.1 Å². The predicted molar refractivity (Wildman–Crippen MR) is 55.3 cm³/mol. The van der Waals surface area contributed by atoms with E-state index >= 15 is 0 Å². The number of aromatic amines is 1. The van der Waals surface area contributed by atoms with Gasteiger partial charge in [0, 0.05) is 6.20 Å². The zero-order chi connectivity index (χ0) is 9.10. The van der Waals surface area contributed by atoms with Gasteiger partial charge in [0.15, 0.2) is 5.16 Å². The van der Waals surface area contributed by atoms with Crippen molar-refractivity contribution in [1.29, 1.82) is 0 Å². The van der Waals surface area contributed by atoms with Crippen LogP contribution in [0.15, 0.2) is 29.0 Å². The highest BCUT2D eigenvalue weighted by atomic mass is 127. The van der Waals surface area contributed by atoms with E-state index < -0.39 is 0 Å². The van der Waals surface area contributed by atoms with Crippen LogP contribution < -0.4 is 0 Å². The Morgan fingerprint density at radius 1 is 1.31 bits per heavy atom. The molecule has 2 aromatic rings. The first-order chi connectivity index (χ1) is 6.36. The van der Waals surface area contributed by atoms with Crippen molar-refractivity contribution >= 4 is 34.4 Å². The summed E-state index contributed by atoms with van der Waals surface area (Å²) in [5.41, 5.74) is 0. The van der Waals surface area contributed by atoms with Crippen LogP contribution in [0, 0.1) is 3.57 Å². The van der Waals surface area contributed by atoms with E-state index in [1.165, 1.54) is 24.4 Å². The Morgan fingerprint density at radius 2 is 2.23 bits per heavy atom. The number of halogens is 1. The van der Waals surface area contributed by atoms with E-state index in [9.17, 15) is 0 Å². The minimum absolute atomic E-state index is 0.733. The topological polar surface area (TPSA) is 67.3 Å². The van der Waals surface area contributed by atoms with Gasteiger partial charge in [0.2, 0.25) is 0 Å². The number of hydrogen-bond acceptors (Lipinski definition) is 5. The van der Waals surface area contributed by atoms with Crippen LogP contribution in [0.4, 0.5) is 0 Å². The minimum atomic E-state index is 0.733. The number of hydrogen-bond donors (Lipinski definition) is 1. The smallest absolute Gasteiger partial charge is 0.189 e. The van der Waals surface area contributed by atoms with Crippen molar-refractivity contribution in [3.63, 3.8) is 0 Å². The maximum Gasteiger partial charge on any atom is 0.189 e. The monoisotopic (exact) mass is 305 g/mol. The summed E-state index contributed by atoms with van der Waals surface area (Å²) in [6.07, 6.45) is 4.74. The van der Waals surface area contributed by atoms with Gasteiger partial charge in [-0.3, -0.25) is 5.10 Å². The first kappa shape index (κ1) is 8.88. The summed E-state index contributed by atoms with van der Waals surface area (Å²) in [5, 5.41) is 8.11. The normalized spacial score (nSPS) is 10.2. The molecule has 0 aliphatic carbocycles. The molecule has 2 rings (SSSR count). The van der Waals surface area contributed by atoms with Gasteiger partial charge in [0.05, 0.1) is 3.57 Å². The fourth-order valence-electron chi connectivity index (χ4n) is 0.712. The number of rotatable bonds is 2. The molecule has 0 fully saturated rings. The van der Waals surface area contributed by atoms with Gasteiger partial charge in [-0.15, -0.1) is 0 Å². The zero-order valence-corrected chi connectivity index (χ0v) is 9.28. The first-order valence-electron chi connectivity index (χ1n) is 3.35. The van der Waals surface area contributed by atoms with Gasteiger partial charge in [-0.1, -0.05) is 0 Å². The Bertz CT molecular complexity index is 390. The summed E-state index contributed by atoms with van der Waals surface area (Å²) in [7, 11) is 0. The van der Waals surface area contributed by atoms with E-state index in [4.69, 9.17) is 0 Å². The summed E-state index contributed by atoms with van der Waals surface area (Å²) in [5.74, 6) is 0. The fraction of sp³-hybridized carbons (Fsp3) is 0. The predicted octanol–water partition coefficient (Wildman–Crippen LogP) is 1.35. The van der Waals surface area contributed by atoms with Crippen LogP contribution >= 0.6 is 34.4 Å². The molecule has 0 aliphatic heterocycles. The molecule has 0 amide bonds. The van der Waals surface area contributed by atoms with E-state index in [2.05, 4.69) is 47.7 Å². The molecule has 7 heteroatoms. The summed E-state index contributed by atoms with van der Waals surface area (Å²) < 4.78 is 1.00. The summed E-state index contributed by atoms with van der Waals surface area (Å²) in [4.78, 5) is 12.0.